The fourth-order valence-corrected chi connectivity index (χ4v) is 3.29. The Morgan fingerprint density at radius 2 is 1.58 bits per heavy atom. The van der Waals surface area contributed by atoms with E-state index >= 15 is 0 Å². The molecule has 0 aromatic carbocycles. The van der Waals surface area contributed by atoms with E-state index in [9.17, 15) is 0 Å². The second-order valence-corrected chi connectivity index (χ2v) is 6.64. The molecule has 1 aliphatic heterocycles. The first-order chi connectivity index (χ1) is 9.40. The van der Waals surface area contributed by atoms with Gasteiger partial charge in [0.05, 0.1) is 0 Å². The first-order valence-electron chi connectivity index (χ1n) is 8.87. The number of hydrogen-bond acceptors (Lipinski definition) is 2. The van der Waals surface area contributed by atoms with Crippen LogP contribution in [-0.4, -0.2) is 36.6 Å². The summed E-state index contributed by atoms with van der Waals surface area (Å²) in [5, 5.41) is 3.76. The number of nitrogens with zero attached hydrogens (tertiary/aromatic N) is 1. The molecule has 2 rings (SSSR count). The van der Waals surface area contributed by atoms with Crippen LogP contribution in [0.5, 0.6) is 0 Å². The van der Waals surface area contributed by atoms with Crippen molar-refractivity contribution in [2.45, 2.75) is 89.6 Å². The largest absolute Gasteiger partial charge is 0.313 e. The summed E-state index contributed by atoms with van der Waals surface area (Å²) in [5.74, 6) is 0. The van der Waals surface area contributed by atoms with Crippen molar-refractivity contribution < 1.29 is 0 Å². The Balaban J connectivity index is 1.34. The lowest BCUT2D eigenvalue weighted by Crippen LogP contribution is -2.33. The van der Waals surface area contributed by atoms with Gasteiger partial charge in [0.2, 0.25) is 0 Å². The molecule has 1 N–H and O–H groups in total. The second-order valence-electron chi connectivity index (χ2n) is 6.64. The van der Waals surface area contributed by atoms with Gasteiger partial charge in [-0.1, -0.05) is 51.9 Å². The Morgan fingerprint density at radius 1 is 0.895 bits per heavy atom. The highest BCUT2D eigenvalue weighted by molar-refractivity contribution is 4.91. The van der Waals surface area contributed by atoms with Crippen LogP contribution in [0.4, 0.5) is 0 Å². The Bertz CT molecular complexity index is 225. The predicted octanol–water partition coefficient (Wildman–Crippen LogP) is 3.95. The summed E-state index contributed by atoms with van der Waals surface area (Å²) in [4.78, 5) is 2.70. The topological polar surface area (TPSA) is 15.3 Å². The molecule has 1 saturated carbocycles. The number of nitrogens with one attached hydrogen (secondary N) is 1. The Hall–Kier alpha value is -0.0800. The monoisotopic (exact) mass is 266 g/mol. The lowest BCUT2D eigenvalue weighted by atomic mass is 10.1. The number of hydrogen-bond donors (Lipinski definition) is 1. The smallest absolute Gasteiger partial charge is 0.0207 e. The van der Waals surface area contributed by atoms with Gasteiger partial charge in [-0.2, -0.15) is 0 Å². The Morgan fingerprint density at radius 3 is 2.26 bits per heavy atom. The molecule has 0 aromatic rings. The maximum Gasteiger partial charge on any atom is 0.0207 e. The van der Waals surface area contributed by atoms with Gasteiger partial charge in [-0.25, -0.2) is 0 Å². The highest BCUT2D eigenvalue weighted by Gasteiger charge is 2.33. The van der Waals surface area contributed by atoms with E-state index in [1.54, 1.807) is 0 Å². The average Bonchev–Trinajstić information content (AvgIpc) is 3.17. The van der Waals surface area contributed by atoms with E-state index in [0.29, 0.717) is 0 Å². The fourth-order valence-electron chi connectivity index (χ4n) is 3.29. The highest BCUT2D eigenvalue weighted by Crippen LogP contribution is 2.29. The fraction of sp³-hybridized carbons (Fsp3) is 1.00. The summed E-state index contributed by atoms with van der Waals surface area (Å²) in [6.07, 6.45) is 15.7. The van der Waals surface area contributed by atoms with E-state index in [1.165, 1.54) is 90.3 Å². The van der Waals surface area contributed by atoms with Crippen LogP contribution in [0.3, 0.4) is 0 Å². The summed E-state index contributed by atoms with van der Waals surface area (Å²) in [6, 6.07) is 1.76. The zero-order chi connectivity index (χ0) is 13.3. The molecule has 1 heterocycles. The van der Waals surface area contributed by atoms with Gasteiger partial charge >= 0.3 is 0 Å². The highest BCUT2D eigenvalue weighted by atomic mass is 15.2. The minimum Gasteiger partial charge on any atom is -0.313 e. The van der Waals surface area contributed by atoms with Gasteiger partial charge in [-0.15, -0.1) is 0 Å². The SMILES string of the molecule is CCCCCCCCCCNC1CCN(C2CC2)C1. The Labute approximate surface area is 120 Å². The van der Waals surface area contributed by atoms with Crippen LogP contribution in [0.2, 0.25) is 0 Å². The van der Waals surface area contributed by atoms with Gasteiger partial charge in [0.1, 0.15) is 0 Å². The molecule has 0 radical (unpaired) electrons. The van der Waals surface area contributed by atoms with Crippen molar-refractivity contribution in [1.82, 2.24) is 10.2 Å². The molecular weight excluding hydrogens is 232 g/mol. The van der Waals surface area contributed by atoms with Crippen molar-refractivity contribution in [3.63, 3.8) is 0 Å². The van der Waals surface area contributed by atoms with Crippen LogP contribution in [-0.2, 0) is 0 Å². The average molecular weight is 266 g/mol. The quantitative estimate of drug-likeness (QED) is 0.570. The zero-order valence-corrected chi connectivity index (χ0v) is 13.0. The number of rotatable bonds is 11. The summed E-state index contributed by atoms with van der Waals surface area (Å²) in [6.45, 7) is 6.21. The van der Waals surface area contributed by atoms with Crippen LogP contribution in [0, 0.1) is 0 Å². The van der Waals surface area contributed by atoms with Crippen LogP contribution >= 0.6 is 0 Å². The molecule has 2 fully saturated rings. The molecule has 19 heavy (non-hydrogen) atoms. The van der Waals surface area contributed by atoms with E-state index in [0.717, 1.165) is 12.1 Å². The molecule has 0 amide bonds. The van der Waals surface area contributed by atoms with Gasteiger partial charge in [-0.3, -0.25) is 4.90 Å². The maximum absolute atomic E-state index is 3.76. The van der Waals surface area contributed by atoms with Crippen LogP contribution in [0.25, 0.3) is 0 Å². The molecule has 1 unspecified atom stereocenters. The molecule has 0 bridgehead atoms. The van der Waals surface area contributed by atoms with Crippen LogP contribution < -0.4 is 5.32 Å². The summed E-state index contributed by atoms with van der Waals surface area (Å²) in [5.41, 5.74) is 0. The third-order valence-electron chi connectivity index (χ3n) is 4.75. The molecule has 1 atom stereocenters. The van der Waals surface area contributed by atoms with Crippen molar-refractivity contribution in [3.05, 3.63) is 0 Å². The summed E-state index contributed by atoms with van der Waals surface area (Å²) in [7, 11) is 0. The minimum atomic E-state index is 0.796. The van der Waals surface area contributed by atoms with E-state index < -0.39 is 0 Å². The minimum absolute atomic E-state index is 0.796. The van der Waals surface area contributed by atoms with Gasteiger partial charge in [0, 0.05) is 25.2 Å². The lowest BCUT2D eigenvalue weighted by Gasteiger charge is -2.15. The van der Waals surface area contributed by atoms with Gasteiger partial charge in [0.25, 0.3) is 0 Å². The molecule has 1 saturated heterocycles. The molecular formula is C17H34N2. The second kappa shape index (κ2) is 8.97. The summed E-state index contributed by atoms with van der Waals surface area (Å²) >= 11 is 0. The molecule has 2 nitrogen and oxygen atoms in total. The predicted molar refractivity (Wildman–Crippen MR) is 83.6 cm³/mol. The first-order valence-corrected chi connectivity index (χ1v) is 8.87. The van der Waals surface area contributed by atoms with Gasteiger partial charge in [0.15, 0.2) is 0 Å². The van der Waals surface area contributed by atoms with E-state index in [-0.39, 0.29) is 0 Å². The molecule has 1 aliphatic carbocycles. The molecule has 2 aliphatic rings. The van der Waals surface area contributed by atoms with Gasteiger partial charge in [-0.05, 0) is 32.2 Å². The van der Waals surface area contributed by atoms with Crippen molar-refractivity contribution >= 4 is 0 Å². The van der Waals surface area contributed by atoms with E-state index in [1.807, 2.05) is 0 Å². The molecule has 2 heteroatoms. The van der Waals surface area contributed by atoms with E-state index in [2.05, 4.69) is 17.1 Å². The number of unbranched alkanes of at least 4 members (excludes halogenated alkanes) is 7. The standard InChI is InChI=1S/C17H34N2/c1-2-3-4-5-6-7-8-9-13-18-16-12-14-19(15-16)17-10-11-17/h16-18H,2-15H2,1H3. The Kier molecular flexibility index (Phi) is 7.23. The lowest BCUT2D eigenvalue weighted by molar-refractivity contribution is 0.317. The normalized spacial score (nSPS) is 24.2. The van der Waals surface area contributed by atoms with Crippen molar-refractivity contribution in [3.8, 4) is 0 Å². The molecule has 0 aromatic heterocycles. The van der Waals surface area contributed by atoms with Crippen molar-refractivity contribution in [2.24, 2.45) is 0 Å². The van der Waals surface area contributed by atoms with Gasteiger partial charge < -0.3 is 5.32 Å². The van der Waals surface area contributed by atoms with Crippen LogP contribution in [0.15, 0.2) is 0 Å². The molecule has 112 valence electrons. The van der Waals surface area contributed by atoms with Crippen molar-refractivity contribution in [2.75, 3.05) is 19.6 Å². The summed E-state index contributed by atoms with van der Waals surface area (Å²) < 4.78 is 0. The van der Waals surface area contributed by atoms with Crippen molar-refractivity contribution in [1.29, 1.82) is 0 Å². The third kappa shape index (κ3) is 6.27. The third-order valence-corrected chi connectivity index (χ3v) is 4.75. The maximum atomic E-state index is 3.76. The number of likely N-dealkylation sites (tertiary alicyclic amines) is 1. The molecule has 0 spiro atoms. The van der Waals surface area contributed by atoms with Crippen LogP contribution in [0.1, 0.15) is 77.6 Å². The zero-order valence-electron chi connectivity index (χ0n) is 13.0. The van der Waals surface area contributed by atoms with E-state index in [4.69, 9.17) is 0 Å². The first kappa shape index (κ1) is 15.3.